The summed E-state index contributed by atoms with van der Waals surface area (Å²) in [6, 6.07) is 0. The number of hydrogen-bond acceptors (Lipinski definition) is 2. The molecule has 0 unspecified atom stereocenters. The molecule has 2 aliphatic carbocycles. The summed E-state index contributed by atoms with van der Waals surface area (Å²) >= 11 is 0. The minimum absolute atomic E-state index is 0.208. The first-order valence-corrected chi connectivity index (χ1v) is 10.8. The van der Waals surface area contributed by atoms with Gasteiger partial charge in [-0.25, -0.2) is 0 Å². The van der Waals surface area contributed by atoms with E-state index in [0.29, 0.717) is 24.2 Å². The number of fused-ring (bicyclic) bond motifs is 1. The average Bonchev–Trinajstić information content (AvgIpc) is 2.60. The van der Waals surface area contributed by atoms with E-state index in [1.807, 2.05) is 0 Å². The van der Waals surface area contributed by atoms with Crippen LogP contribution in [0.1, 0.15) is 52.9 Å². The van der Waals surface area contributed by atoms with Gasteiger partial charge in [0, 0.05) is 18.9 Å². The van der Waals surface area contributed by atoms with Gasteiger partial charge < -0.3 is 4.43 Å². The molecule has 0 aromatic rings. The van der Waals surface area contributed by atoms with Crippen molar-refractivity contribution >= 4 is 14.1 Å². The highest BCUT2D eigenvalue weighted by molar-refractivity contribution is 6.74. The summed E-state index contributed by atoms with van der Waals surface area (Å²) < 4.78 is 6.32. The van der Waals surface area contributed by atoms with Gasteiger partial charge in [-0.3, -0.25) is 4.79 Å². The maximum Gasteiger partial charge on any atom is 0.192 e. The van der Waals surface area contributed by atoms with E-state index in [0.717, 1.165) is 6.42 Å². The summed E-state index contributed by atoms with van der Waals surface area (Å²) in [6.45, 7) is 12.0. The second kappa shape index (κ2) is 5.32. The third-order valence-electron chi connectivity index (χ3n) is 5.79. The molecule has 3 atom stereocenters. The van der Waals surface area contributed by atoms with Gasteiger partial charge in [0.2, 0.25) is 0 Å². The fraction of sp³-hybridized carbons (Fsp3) is 0.938. The van der Waals surface area contributed by atoms with Crippen LogP contribution in [0.25, 0.3) is 0 Å². The number of rotatable bonds is 3. The van der Waals surface area contributed by atoms with E-state index in [-0.39, 0.29) is 11.0 Å². The quantitative estimate of drug-likeness (QED) is 0.717. The molecular weight excluding hydrogens is 252 g/mol. The topological polar surface area (TPSA) is 26.3 Å². The molecule has 2 nitrogen and oxygen atoms in total. The van der Waals surface area contributed by atoms with Crippen molar-refractivity contribution in [2.45, 2.75) is 71.0 Å². The minimum Gasteiger partial charge on any atom is -0.416 e. The normalized spacial score (nSPS) is 32.5. The van der Waals surface area contributed by atoms with E-state index in [4.69, 9.17) is 4.43 Å². The van der Waals surface area contributed by atoms with Gasteiger partial charge in [0.25, 0.3) is 0 Å². The van der Waals surface area contributed by atoms with Crippen LogP contribution in [0.15, 0.2) is 0 Å². The minimum atomic E-state index is -1.71. The molecule has 0 radical (unpaired) electrons. The molecule has 0 spiro atoms. The van der Waals surface area contributed by atoms with Gasteiger partial charge in [0.1, 0.15) is 5.78 Å². The van der Waals surface area contributed by atoms with Gasteiger partial charge in [-0.2, -0.15) is 0 Å². The highest BCUT2D eigenvalue weighted by Gasteiger charge is 2.45. The fourth-order valence-corrected chi connectivity index (χ4v) is 4.43. The number of hydrogen-bond donors (Lipinski definition) is 0. The van der Waals surface area contributed by atoms with Gasteiger partial charge in [-0.05, 0) is 42.8 Å². The van der Waals surface area contributed by atoms with Crippen LogP contribution in [0.4, 0.5) is 0 Å². The van der Waals surface area contributed by atoms with Gasteiger partial charge >= 0.3 is 0 Å². The lowest BCUT2D eigenvalue weighted by molar-refractivity contribution is -0.122. The van der Waals surface area contributed by atoms with Crippen LogP contribution in [-0.2, 0) is 9.22 Å². The van der Waals surface area contributed by atoms with Crippen LogP contribution in [-0.4, -0.2) is 20.7 Å². The van der Waals surface area contributed by atoms with E-state index < -0.39 is 8.32 Å². The molecule has 2 saturated carbocycles. The Kier molecular flexibility index (Phi) is 4.27. The number of Topliss-reactive ketones (excluding diaryl/α,β-unsaturated/α-hetero) is 1. The second-order valence-electron chi connectivity index (χ2n) is 8.06. The predicted octanol–water partition coefficient (Wildman–Crippen LogP) is 4.40. The van der Waals surface area contributed by atoms with Crippen LogP contribution in [0.2, 0.25) is 18.1 Å². The SMILES string of the molecule is CC(C)(C)[Si](C)(C)OC[C@@H]1C(=O)C[C@H]2CCCC[C@H]21. The molecule has 0 heterocycles. The maximum absolute atomic E-state index is 12.2. The molecule has 2 aliphatic rings. The van der Waals surface area contributed by atoms with Crippen molar-refractivity contribution in [2.75, 3.05) is 6.61 Å². The molecule has 2 rings (SSSR count). The molecule has 0 aromatic carbocycles. The molecule has 2 fully saturated rings. The first kappa shape index (κ1) is 15.2. The number of ketones is 1. The van der Waals surface area contributed by atoms with Gasteiger partial charge in [0.15, 0.2) is 8.32 Å². The van der Waals surface area contributed by atoms with Gasteiger partial charge in [-0.1, -0.05) is 33.6 Å². The molecular formula is C16H30O2Si. The van der Waals surface area contributed by atoms with Gasteiger partial charge in [-0.15, -0.1) is 0 Å². The highest BCUT2D eigenvalue weighted by Crippen LogP contribution is 2.45. The van der Waals surface area contributed by atoms with Crippen molar-refractivity contribution in [1.29, 1.82) is 0 Å². The zero-order valence-electron chi connectivity index (χ0n) is 13.3. The summed E-state index contributed by atoms with van der Waals surface area (Å²) in [5.74, 6) is 2.00. The monoisotopic (exact) mass is 282 g/mol. The first-order valence-electron chi connectivity index (χ1n) is 7.89. The number of carbonyl (C=O) groups is 1. The predicted molar refractivity (Wildman–Crippen MR) is 81.7 cm³/mol. The van der Waals surface area contributed by atoms with Crippen molar-refractivity contribution < 1.29 is 9.22 Å². The van der Waals surface area contributed by atoms with Crippen LogP contribution in [0.3, 0.4) is 0 Å². The Morgan fingerprint density at radius 2 is 1.84 bits per heavy atom. The van der Waals surface area contributed by atoms with E-state index in [2.05, 4.69) is 33.9 Å². The second-order valence-corrected chi connectivity index (χ2v) is 12.9. The lowest BCUT2D eigenvalue weighted by Gasteiger charge is -2.38. The number of carbonyl (C=O) groups excluding carboxylic acids is 1. The average molecular weight is 282 g/mol. The summed E-state index contributed by atoms with van der Waals surface area (Å²) in [5, 5.41) is 0.237. The summed E-state index contributed by atoms with van der Waals surface area (Å²) in [4.78, 5) is 12.2. The molecule has 0 bridgehead atoms. The summed E-state index contributed by atoms with van der Waals surface area (Å²) in [6.07, 6.45) is 5.99. The zero-order chi connectivity index (χ0) is 14.3. The van der Waals surface area contributed by atoms with Crippen LogP contribution >= 0.6 is 0 Å². The van der Waals surface area contributed by atoms with Gasteiger partial charge in [0.05, 0.1) is 0 Å². The Morgan fingerprint density at radius 1 is 1.21 bits per heavy atom. The largest absolute Gasteiger partial charge is 0.416 e. The van der Waals surface area contributed by atoms with Crippen LogP contribution in [0.5, 0.6) is 0 Å². The van der Waals surface area contributed by atoms with E-state index in [1.54, 1.807) is 0 Å². The fourth-order valence-electron chi connectivity index (χ4n) is 3.40. The Balaban J connectivity index is 1.97. The highest BCUT2D eigenvalue weighted by atomic mass is 28.4. The van der Waals surface area contributed by atoms with Crippen LogP contribution < -0.4 is 0 Å². The molecule has 110 valence electrons. The summed E-state index contributed by atoms with van der Waals surface area (Å²) in [5.41, 5.74) is 0. The Bertz CT molecular complexity index is 343. The lowest BCUT2D eigenvalue weighted by Crippen LogP contribution is -2.43. The molecule has 0 aliphatic heterocycles. The summed E-state index contributed by atoms with van der Waals surface area (Å²) in [7, 11) is -1.71. The van der Waals surface area contributed by atoms with Crippen molar-refractivity contribution in [1.82, 2.24) is 0 Å². The Hall–Kier alpha value is -0.153. The van der Waals surface area contributed by atoms with E-state index in [9.17, 15) is 4.79 Å². The maximum atomic E-state index is 12.2. The standard InChI is InChI=1S/C16H30O2Si/c1-16(2,3)19(4,5)18-11-14-13-9-7-6-8-12(13)10-15(14)17/h12-14H,6-11H2,1-5H3/t12-,13-,14+/m1/s1. The zero-order valence-corrected chi connectivity index (χ0v) is 14.3. The molecule has 3 heteroatoms. The van der Waals surface area contributed by atoms with E-state index in [1.165, 1.54) is 25.7 Å². The molecule has 0 aromatic heterocycles. The lowest BCUT2D eigenvalue weighted by atomic mass is 9.78. The van der Waals surface area contributed by atoms with Crippen molar-refractivity contribution in [3.8, 4) is 0 Å². The first-order chi connectivity index (χ1) is 8.72. The van der Waals surface area contributed by atoms with E-state index >= 15 is 0 Å². The third-order valence-corrected chi connectivity index (χ3v) is 10.3. The Morgan fingerprint density at radius 3 is 2.47 bits per heavy atom. The molecule has 0 saturated heterocycles. The van der Waals surface area contributed by atoms with Crippen LogP contribution in [0, 0.1) is 17.8 Å². The Labute approximate surface area is 119 Å². The van der Waals surface area contributed by atoms with Crippen molar-refractivity contribution in [3.63, 3.8) is 0 Å². The van der Waals surface area contributed by atoms with Crippen molar-refractivity contribution in [2.24, 2.45) is 17.8 Å². The molecule has 19 heavy (non-hydrogen) atoms. The van der Waals surface area contributed by atoms with Crippen molar-refractivity contribution in [3.05, 3.63) is 0 Å². The smallest absolute Gasteiger partial charge is 0.192 e. The third kappa shape index (κ3) is 3.13. The molecule has 0 N–H and O–H groups in total. The molecule has 0 amide bonds.